The van der Waals surface area contributed by atoms with Crippen LogP contribution in [0.3, 0.4) is 0 Å². The number of hydrogen-bond donors (Lipinski definition) is 1. The molecule has 20 heavy (non-hydrogen) atoms. The van der Waals surface area contributed by atoms with Crippen molar-refractivity contribution in [3.63, 3.8) is 0 Å². The Morgan fingerprint density at radius 1 is 0.850 bits per heavy atom. The number of anilines is 2. The zero-order chi connectivity index (χ0) is 13.9. The maximum Gasteiger partial charge on any atom is 0.252 e. The summed E-state index contributed by atoms with van der Waals surface area (Å²) < 4.78 is 1.59. The molecule has 0 fully saturated rings. The molecule has 0 unspecified atom stereocenters. The summed E-state index contributed by atoms with van der Waals surface area (Å²) in [5, 5.41) is 16.1. The molecule has 0 amide bonds. The Labute approximate surface area is 125 Å². The Balaban J connectivity index is 1.90. The highest BCUT2D eigenvalue weighted by atomic mass is 35.5. The summed E-state index contributed by atoms with van der Waals surface area (Å²) in [7, 11) is 0. The van der Waals surface area contributed by atoms with Crippen LogP contribution in [0.4, 0.5) is 11.6 Å². The number of nitrogens with one attached hydrogen (secondary N) is 1. The summed E-state index contributed by atoms with van der Waals surface area (Å²) >= 11 is 11.7. The molecule has 0 aliphatic rings. The van der Waals surface area contributed by atoms with Gasteiger partial charge in [-0.25, -0.2) is 0 Å². The normalized spacial score (nSPS) is 10.5. The Bertz CT molecular complexity index is 706. The fourth-order valence-corrected chi connectivity index (χ4v) is 1.94. The number of halogens is 2. The van der Waals surface area contributed by atoms with Gasteiger partial charge in [0.05, 0.1) is 5.69 Å². The molecule has 2 aromatic carbocycles. The Kier molecular flexibility index (Phi) is 3.54. The van der Waals surface area contributed by atoms with Crippen molar-refractivity contribution in [2.45, 2.75) is 0 Å². The molecule has 7 heteroatoms. The molecule has 1 aromatic heterocycles. The van der Waals surface area contributed by atoms with E-state index in [1.165, 1.54) is 0 Å². The predicted molar refractivity (Wildman–Crippen MR) is 78.9 cm³/mol. The van der Waals surface area contributed by atoms with Crippen molar-refractivity contribution in [3.05, 3.63) is 58.6 Å². The third kappa shape index (κ3) is 2.74. The van der Waals surface area contributed by atoms with Gasteiger partial charge in [-0.2, -0.15) is 4.68 Å². The van der Waals surface area contributed by atoms with Gasteiger partial charge < -0.3 is 5.32 Å². The average molecular weight is 306 g/mol. The van der Waals surface area contributed by atoms with Gasteiger partial charge in [-0.05, 0) is 59.0 Å². The van der Waals surface area contributed by atoms with E-state index in [0.717, 1.165) is 11.4 Å². The van der Waals surface area contributed by atoms with Crippen LogP contribution < -0.4 is 5.32 Å². The molecule has 3 aromatic rings. The van der Waals surface area contributed by atoms with Crippen LogP contribution in [-0.2, 0) is 0 Å². The number of tetrazole rings is 1. The van der Waals surface area contributed by atoms with Gasteiger partial charge in [0, 0.05) is 15.7 Å². The molecule has 1 heterocycles. The lowest BCUT2D eigenvalue weighted by atomic mass is 10.3. The van der Waals surface area contributed by atoms with E-state index in [4.69, 9.17) is 23.2 Å². The third-order valence-electron chi connectivity index (χ3n) is 2.64. The molecule has 0 saturated heterocycles. The van der Waals surface area contributed by atoms with E-state index in [1.807, 2.05) is 24.3 Å². The molecule has 0 aliphatic carbocycles. The smallest absolute Gasteiger partial charge is 0.252 e. The Hall–Kier alpha value is -2.11. The minimum Gasteiger partial charge on any atom is -0.323 e. The van der Waals surface area contributed by atoms with E-state index in [1.54, 1.807) is 28.9 Å². The van der Waals surface area contributed by atoms with Crippen LogP contribution >= 0.6 is 23.2 Å². The van der Waals surface area contributed by atoms with Gasteiger partial charge in [-0.15, -0.1) is 0 Å². The predicted octanol–water partition coefficient (Wildman–Crippen LogP) is 3.71. The lowest BCUT2D eigenvalue weighted by molar-refractivity contribution is 0.791. The summed E-state index contributed by atoms with van der Waals surface area (Å²) in [5.74, 6) is 0.509. The van der Waals surface area contributed by atoms with Crippen molar-refractivity contribution in [1.82, 2.24) is 20.2 Å². The first-order chi connectivity index (χ1) is 9.72. The van der Waals surface area contributed by atoms with Gasteiger partial charge in [0.25, 0.3) is 5.95 Å². The van der Waals surface area contributed by atoms with Crippen molar-refractivity contribution >= 4 is 34.8 Å². The van der Waals surface area contributed by atoms with E-state index >= 15 is 0 Å². The molecule has 0 radical (unpaired) electrons. The molecular formula is C13H9Cl2N5. The van der Waals surface area contributed by atoms with Crippen molar-refractivity contribution < 1.29 is 0 Å². The van der Waals surface area contributed by atoms with Gasteiger partial charge in [0.15, 0.2) is 0 Å². The summed E-state index contributed by atoms with van der Waals surface area (Å²) in [4.78, 5) is 0. The summed E-state index contributed by atoms with van der Waals surface area (Å²) in [6.45, 7) is 0. The number of aromatic nitrogens is 4. The third-order valence-corrected chi connectivity index (χ3v) is 3.15. The number of benzene rings is 2. The molecule has 0 spiro atoms. The van der Waals surface area contributed by atoms with Gasteiger partial charge in [0.2, 0.25) is 0 Å². The van der Waals surface area contributed by atoms with Crippen molar-refractivity contribution in [3.8, 4) is 5.69 Å². The van der Waals surface area contributed by atoms with Crippen LogP contribution in [0.15, 0.2) is 48.5 Å². The van der Waals surface area contributed by atoms with E-state index < -0.39 is 0 Å². The summed E-state index contributed by atoms with van der Waals surface area (Å²) in [5.41, 5.74) is 1.66. The summed E-state index contributed by atoms with van der Waals surface area (Å²) in [6.07, 6.45) is 0. The fraction of sp³-hybridized carbons (Fsp3) is 0. The number of nitrogens with zero attached hydrogens (tertiary/aromatic N) is 4. The van der Waals surface area contributed by atoms with Crippen LogP contribution in [-0.4, -0.2) is 20.2 Å². The highest BCUT2D eigenvalue weighted by Crippen LogP contribution is 2.20. The Morgan fingerprint density at radius 2 is 1.45 bits per heavy atom. The molecule has 100 valence electrons. The molecule has 0 saturated carbocycles. The van der Waals surface area contributed by atoms with Crippen LogP contribution in [0.2, 0.25) is 10.0 Å². The maximum absolute atomic E-state index is 5.87. The van der Waals surface area contributed by atoms with Crippen LogP contribution in [0.1, 0.15) is 0 Å². The second-order valence-electron chi connectivity index (χ2n) is 4.02. The molecule has 0 atom stereocenters. The number of rotatable bonds is 3. The van der Waals surface area contributed by atoms with Crippen molar-refractivity contribution in [2.24, 2.45) is 0 Å². The quantitative estimate of drug-likeness (QED) is 0.801. The van der Waals surface area contributed by atoms with E-state index in [9.17, 15) is 0 Å². The van der Waals surface area contributed by atoms with Crippen LogP contribution in [0.5, 0.6) is 0 Å². The lowest BCUT2D eigenvalue weighted by Crippen LogP contribution is -2.03. The zero-order valence-electron chi connectivity index (χ0n) is 10.2. The highest BCUT2D eigenvalue weighted by molar-refractivity contribution is 6.30. The van der Waals surface area contributed by atoms with E-state index in [0.29, 0.717) is 16.0 Å². The van der Waals surface area contributed by atoms with Crippen molar-refractivity contribution in [1.29, 1.82) is 0 Å². The Morgan fingerprint density at radius 3 is 2.10 bits per heavy atom. The standard InChI is InChI=1S/C13H9Cl2N5/c14-9-1-5-11(6-2-9)16-13-17-18-19-20(13)12-7-3-10(15)4-8-12/h1-8H,(H,16,17,19). The van der Waals surface area contributed by atoms with E-state index in [2.05, 4.69) is 20.8 Å². The van der Waals surface area contributed by atoms with Gasteiger partial charge in [-0.1, -0.05) is 28.3 Å². The van der Waals surface area contributed by atoms with Gasteiger partial charge >= 0.3 is 0 Å². The highest BCUT2D eigenvalue weighted by Gasteiger charge is 2.08. The molecule has 0 bridgehead atoms. The zero-order valence-corrected chi connectivity index (χ0v) is 11.7. The summed E-state index contributed by atoms with van der Waals surface area (Å²) in [6, 6.07) is 14.5. The lowest BCUT2D eigenvalue weighted by Gasteiger charge is -2.07. The SMILES string of the molecule is Clc1ccc(Nc2nnnn2-c2ccc(Cl)cc2)cc1. The fourth-order valence-electron chi connectivity index (χ4n) is 1.68. The minimum atomic E-state index is 0.509. The topological polar surface area (TPSA) is 55.6 Å². The largest absolute Gasteiger partial charge is 0.323 e. The maximum atomic E-state index is 5.87. The van der Waals surface area contributed by atoms with Gasteiger partial charge in [0.1, 0.15) is 0 Å². The average Bonchev–Trinajstić information content (AvgIpc) is 2.90. The van der Waals surface area contributed by atoms with Crippen LogP contribution in [0, 0.1) is 0 Å². The van der Waals surface area contributed by atoms with E-state index in [-0.39, 0.29) is 0 Å². The second-order valence-corrected chi connectivity index (χ2v) is 4.90. The minimum absolute atomic E-state index is 0.509. The first kappa shape index (κ1) is 12.9. The van der Waals surface area contributed by atoms with Crippen molar-refractivity contribution in [2.75, 3.05) is 5.32 Å². The molecule has 3 rings (SSSR count). The first-order valence-electron chi connectivity index (χ1n) is 5.79. The van der Waals surface area contributed by atoms with Crippen LogP contribution in [0.25, 0.3) is 5.69 Å². The molecule has 1 N–H and O–H groups in total. The molecular weight excluding hydrogens is 297 g/mol. The number of hydrogen-bond acceptors (Lipinski definition) is 4. The first-order valence-corrected chi connectivity index (χ1v) is 6.55. The van der Waals surface area contributed by atoms with Gasteiger partial charge in [-0.3, -0.25) is 0 Å². The second kappa shape index (κ2) is 5.48. The monoisotopic (exact) mass is 305 g/mol. The molecule has 0 aliphatic heterocycles. The molecule has 5 nitrogen and oxygen atoms in total.